The predicted octanol–water partition coefficient (Wildman–Crippen LogP) is 1.18. The first kappa shape index (κ1) is 9.98. The zero-order valence-corrected chi connectivity index (χ0v) is 9.36. The van der Waals surface area contributed by atoms with Gasteiger partial charge in [0.25, 0.3) is 0 Å². The Hall–Kier alpha value is -0.550. The second kappa shape index (κ2) is 3.90. The third-order valence-electron chi connectivity index (χ3n) is 2.63. The molecule has 0 radical (unpaired) electrons. The van der Waals surface area contributed by atoms with E-state index in [4.69, 9.17) is 4.52 Å². The van der Waals surface area contributed by atoms with Crippen molar-refractivity contribution in [2.24, 2.45) is 0 Å². The van der Waals surface area contributed by atoms with Crippen LogP contribution in [-0.4, -0.2) is 29.5 Å². The largest absolute Gasteiger partial charge is 0.339 e. The van der Waals surface area contributed by atoms with Gasteiger partial charge in [-0.3, -0.25) is 0 Å². The molecule has 5 heteroatoms. The van der Waals surface area contributed by atoms with Crippen molar-refractivity contribution >= 4 is 11.8 Å². The Kier molecular flexibility index (Phi) is 2.78. The normalized spacial score (nSPS) is 27.0. The van der Waals surface area contributed by atoms with Gasteiger partial charge in [-0.25, -0.2) is 0 Å². The quantitative estimate of drug-likeness (QED) is 0.817. The van der Waals surface area contributed by atoms with Crippen molar-refractivity contribution in [3.05, 3.63) is 11.7 Å². The van der Waals surface area contributed by atoms with Crippen LogP contribution in [0.1, 0.15) is 25.1 Å². The van der Waals surface area contributed by atoms with E-state index < -0.39 is 0 Å². The molecule has 2 rings (SSSR count). The minimum atomic E-state index is 0.0453. The van der Waals surface area contributed by atoms with Crippen molar-refractivity contribution in [1.29, 1.82) is 0 Å². The molecule has 14 heavy (non-hydrogen) atoms. The van der Waals surface area contributed by atoms with E-state index in [1.165, 1.54) is 0 Å². The van der Waals surface area contributed by atoms with Gasteiger partial charge in [0.15, 0.2) is 5.82 Å². The summed E-state index contributed by atoms with van der Waals surface area (Å²) in [6, 6.07) is 0. The molecule has 4 nitrogen and oxygen atoms in total. The molecule has 0 spiro atoms. The van der Waals surface area contributed by atoms with Gasteiger partial charge in [-0.2, -0.15) is 16.7 Å². The van der Waals surface area contributed by atoms with Gasteiger partial charge in [0.1, 0.15) is 0 Å². The topological polar surface area (TPSA) is 51.0 Å². The number of hydrogen-bond donors (Lipinski definition) is 1. The second-order valence-electron chi connectivity index (χ2n) is 3.94. The zero-order chi connectivity index (χ0) is 10.0. The summed E-state index contributed by atoms with van der Waals surface area (Å²) in [4.78, 5) is 4.42. The van der Waals surface area contributed by atoms with Crippen molar-refractivity contribution in [3.63, 3.8) is 0 Å². The van der Waals surface area contributed by atoms with Crippen LogP contribution in [0.3, 0.4) is 0 Å². The lowest BCUT2D eigenvalue weighted by Crippen LogP contribution is -2.25. The van der Waals surface area contributed by atoms with Gasteiger partial charge in [0.05, 0.1) is 11.2 Å². The van der Waals surface area contributed by atoms with Crippen LogP contribution in [0.4, 0.5) is 0 Å². The first-order valence-electron chi connectivity index (χ1n) is 4.77. The number of nitrogens with zero attached hydrogens (tertiary/aromatic N) is 2. The van der Waals surface area contributed by atoms with Crippen LogP contribution in [0.5, 0.6) is 0 Å². The first-order chi connectivity index (χ1) is 6.74. The van der Waals surface area contributed by atoms with Gasteiger partial charge in [0, 0.05) is 6.54 Å². The Labute approximate surface area is 87.8 Å². The van der Waals surface area contributed by atoms with Crippen molar-refractivity contribution in [1.82, 2.24) is 15.5 Å². The van der Waals surface area contributed by atoms with Crippen molar-refractivity contribution < 1.29 is 4.52 Å². The Balaban J connectivity index is 2.15. The van der Waals surface area contributed by atoms with Crippen LogP contribution in [-0.2, 0) is 11.2 Å². The van der Waals surface area contributed by atoms with E-state index in [-0.39, 0.29) is 5.41 Å². The molecule has 0 amide bonds. The standard InChI is InChI=1S/C9H15N3OS/c1-9(3-4-10-6-9)8-11-7(5-14-2)12-13-8/h10H,3-6H2,1-2H3. The lowest BCUT2D eigenvalue weighted by molar-refractivity contribution is 0.305. The molecule has 1 aliphatic rings. The molecule has 0 saturated carbocycles. The van der Waals surface area contributed by atoms with E-state index in [9.17, 15) is 0 Å². The molecule has 0 bridgehead atoms. The summed E-state index contributed by atoms with van der Waals surface area (Å²) in [6.07, 6.45) is 3.11. The summed E-state index contributed by atoms with van der Waals surface area (Å²) < 4.78 is 5.29. The van der Waals surface area contributed by atoms with Crippen LogP contribution in [0.15, 0.2) is 4.52 Å². The Bertz CT molecular complexity index is 307. The van der Waals surface area contributed by atoms with E-state index >= 15 is 0 Å². The summed E-state index contributed by atoms with van der Waals surface area (Å²) in [5.74, 6) is 2.42. The lowest BCUT2D eigenvalue weighted by Gasteiger charge is -2.15. The van der Waals surface area contributed by atoms with Gasteiger partial charge >= 0.3 is 0 Å². The molecule has 1 fully saturated rings. The average Bonchev–Trinajstić information content (AvgIpc) is 2.75. The van der Waals surface area contributed by atoms with Gasteiger partial charge in [-0.15, -0.1) is 0 Å². The number of aromatic nitrogens is 2. The summed E-state index contributed by atoms with van der Waals surface area (Å²) in [6.45, 7) is 4.15. The van der Waals surface area contributed by atoms with E-state index in [2.05, 4.69) is 22.4 Å². The van der Waals surface area contributed by atoms with Crippen molar-refractivity contribution in [3.8, 4) is 0 Å². The summed E-state index contributed by atoms with van der Waals surface area (Å²) in [5.41, 5.74) is 0.0453. The highest BCUT2D eigenvalue weighted by Gasteiger charge is 2.35. The average molecular weight is 213 g/mol. The molecule has 0 aliphatic carbocycles. The molecule has 1 aromatic heterocycles. The van der Waals surface area contributed by atoms with Gasteiger partial charge < -0.3 is 9.84 Å². The minimum absolute atomic E-state index is 0.0453. The van der Waals surface area contributed by atoms with Crippen LogP contribution in [0, 0.1) is 0 Å². The van der Waals surface area contributed by atoms with Crippen molar-refractivity contribution in [2.45, 2.75) is 24.5 Å². The van der Waals surface area contributed by atoms with Gasteiger partial charge in [-0.1, -0.05) is 5.16 Å². The molecule has 1 N–H and O–H groups in total. The van der Waals surface area contributed by atoms with Crippen LogP contribution < -0.4 is 5.32 Å². The second-order valence-corrected chi connectivity index (χ2v) is 4.80. The maximum absolute atomic E-state index is 5.29. The van der Waals surface area contributed by atoms with E-state index in [1.54, 1.807) is 11.8 Å². The monoisotopic (exact) mass is 213 g/mol. The van der Waals surface area contributed by atoms with Crippen LogP contribution in [0.2, 0.25) is 0 Å². The maximum Gasteiger partial charge on any atom is 0.233 e. The number of hydrogen-bond acceptors (Lipinski definition) is 5. The van der Waals surface area contributed by atoms with E-state index in [1.807, 2.05) is 6.26 Å². The first-order valence-corrected chi connectivity index (χ1v) is 6.17. The molecule has 1 aromatic rings. The summed E-state index contributed by atoms with van der Waals surface area (Å²) in [7, 11) is 0. The molecule has 78 valence electrons. The molecular weight excluding hydrogens is 198 g/mol. The molecule has 1 saturated heterocycles. The fourth-order valence-electron chi connectivity index (χ4n) is 1.69. The molecule has 1 unspecified atom stereocenters. The molecule has 0 aromatic carbocycles. The molecule has 1 atom stereocenters. The summed E-state index contributed by atoms with van der Waals surface area (Å²) in [5, 5.41) is 7.28. The SMILES string of the molecule is CSCc1noc(C2(C)CCNC2)n1. The Morgan fingerprint density at radius 2 is 2.50 bits per heavy atom. The Morgan fingerprint density at radius 1 is 1.64 bits per heavy atom. The van der Waals surface area contributed by atoms with E-state index in [0.717, 1.165) is 37.0 Å². The van der Waals surface area contributed by atoms with Gasteiger partial charge in [-0.05, 0) is 26.1 Å². The van der Waals surface area contributed by atoms with Crippen LogP contribution in [0.25, 0.3) is 0 Å². The highest BCUT2D eigenvalue weighted by Crippen LogP contribution is 2.28. The number of thioether (sulfide) groups is 1. The zero-order valence-electron chi connectivity index (χ0n) is 8.54. The highest BCUT2D eigenvalue weighted by atomic mass is 32.2. The third-order valence-corrected chi connectivity index (χ3v) is 3.17. The summed E-state index contributed by atoms with van der Waals surface area (Å²) >= 11 is 1.71. The smallest absolute Gasteiger partial charge is 0.233 e. The van der Waals surface area contributed by atoms with Crippen molar-refractivity contribution in [2.75, 3.05) is 19.3 Å². The lowest BCUT2D eigenvalue weighted by atomic mass is 9.90. The third kappa shape index (κ3) is 1.79. The van der Waals surface area contributed by atoms with Crippen LogP contribution >= 0.6 is 11.8 Å². The molecule has 2 heterocycles. The minimum Gasteiger partial charge on any atom is -0.339 e. The maximum atomic E-state index is 5.29. The number of nitrogens with one attached hydrogen (secondary N) is 1. The van der Waals surface area contributed by atoms with Gasteiger partial charge in [0.2, 0.25) is 5.89 Å². The highest BCUT2D eigenvalue weighted by molar-refractivity contribution is 7.97. The fourth-order valence-corrected chi connectivity index (χ4v) is 2.06. The fraction of sp³-hybridized carbons (Fsp3) is 0.778. The van der Waals surface area contributed by atoms with E-state index in [0.29, 0.717) is 0 Å². The number of rotatable bonds is 3. The predicted molar refractivity (Wildman–Crippen MR) is 56.4 cm³/mol. The Morgan fingerprint density at radius 3 is 3.14 bits per heavy atom. The molecular formula is C9H15N3OS. The molecule has 1 aliphatic heterocycles.